The van der Waals surface area contributed by atoms with Crippen molar-refractivity contribution < 1.29 is 9.59 Å². The predicted molar refractivity (Wildman–Crippen MR) is 130 cm³/mol. The minimum absolute atomic E-state index is 0.0649. The summed E-state index contributed by atoms with van der Waals surface area (Å²) >= 11 is 0. The van der Waals surface area contributed by atoms with Crippen molar-refractivity contribution >= 4 is 22.6 Å². The molecule has 0 N–H and O–H groups in total. The van der Waals surface area contributed by atoms with Crippen molar-refractivity contribution in [2.45, 2.75) is 13.3 Å². The highest BCUT2D eigenvalue weighted by Crippen LogP contribution is 2.33. The number of nitrogens with zero attached hydrogens (tertiary/aromatic N) is 3. The van der Waals surface area contributed by atoms with E-state index in [1.54, 1.807) is 19.0 Å². The van der Waals surface area contributed by atoms with Crippen LogP contribution in [0.25, 0.3) is 21.9 Å². The third-order valence-electron chi connectivity index (χ3n) is 6.36. The maximum absolute atomic E-state index is 13.5. The third-order valence-corrected chi connectivity index (χ3v) is 6.36. The van der Waals surface area contributed by atoms with Crippen LogP contribution in [0.4, 0.5) is 0 Å². The van der Waals surface area contributed by atoms with Crippen LogP contribution < -0.4 is 0 Å². The predicted octanol–water partition coefficient (Wildman–Crippen LogP) is 3.92. The first-order valence-electron chi connectivity index (χ1n) is 11.3. The van der Waals surface area contributed by atoms with E-state index in [2.05, 4.69) is 48.2 Å². The largest absolute Gasteiger partial charge is 0.348 e. The number of hydrogen-bond acceptors (Lipinski definition) is 3. The maximum atomic E-state index is 13.5. The second-order valence-corrected chi connectivity index (χ2v) is 8.57. The molecule has 5 nitrogen and oxygen atoms in total. The lowest BCUT2D eigenvalue weighted by Crippen LogP contribution is -2.51. The molecule has 0 bridgehead atoms. The van der Waals surface area contributed by atoms with Crippen molar-refractivity contribution in [1.29, 1.82) is 0 Å². The number of carbonyl (C=O) groups excluding carboxylic acids is 2. The Morgan fingerprint density at radius 3 is 2.19 bits per heavy atom. The number of benzene rings is 3. The van der Waals surface area contributed by atoms with Gasteiger partial charge in [-0.1, -0.05) is 61.5 Å². The summed E-state index contributed by atoms with van der Waals surface area (Å²) in [6, 6.07) is 20.8. The van der Waals surface area contributed by atoms with Crippen LogP contribution in [0.2, 0.25) is 0 Å². The van der Waals surface area contributed by atoms with Gasteiger partial charge >= 0.3 is 0 Å². The first kappa shape index (κ1) is 22.0. The quantitative estimate of drug-likeness (QED) is 0.618. The van der Waals surface area contributed by atoms with E-state index in [1.165, 1.54) is 16.7 Å². The molecule has 0 radical (unpaired) electrons. The smallest absolute Gasteiger partial charge is 0.254 e. The Balaban J connectivity index is 1.59. The number of piperazine rings is 1. The lowest BCUT2D eigenvalue weighted by Gasteiger charge is -2.35. The minimum atomic E-state index is 0.0649. The summed E-state index contributed by atoms with van der Waals surface area (Å²) in [5.74, 6) is 0.161. The molecule has 1 saturated heterocycles. The monoisotopic (exact) mass is 429 g/mol. The Labute approximate surface area is 190 Å². The number of likely N-dealkylation sites (N-methyl/N-ethyl adjacent to an activating group) is 1. The van der Waals surface area contributed by atoms with Crippen LogP contribution in [0.3, 0.4) is 0 Å². The SMILES string of the molecule is CCc1ccccc1-c1cccc2c(C(=O)N3CCN(CC(=O)N(C)C)CC3)cccc12. The number of hydrogen-bond donors (Lipinski definition) is 0. The van der Waals surface area contributed by atoms with Crippen LogP contribution in [0, 0.1) is 0 Å². The van der Waals surface area contributed by atoms with E-state index >= 15 is 0 Å². The van der Waals surface area contributed by atoms with Crippen LogP contribution in [-0.4, -0.2) is 73.3 Å². The number of aryl methyl sites for hydroxylation is 1. The zero-order valence-corrected chi connectivity index (χ0v) is 19.2. The molecule has 0 saturated carbocycles. The summed E-state index contributed by atoms with van der Waals surface area (Å²) in [6.45, 7) is 5.27. The van der Waals surface area contributed by atoms with Gasteiger partial charge in [0.1, 0.15) is 0 Å². The van der Waals surface area contributed by atoms with Gasteiger partial charge in [-0.25, -0.2) is 0 Å². The molecule has 0 aromatic heterocycles. The van der Waals surface area contributed by atoms with Crippen molar-refractivity contribution in [1.82, 2.24) is 14.7 Å². The minimum Gasteiger partial charge on any atom is -0.348 e. The number of rotatable bonds is 5. The van der Waals surface area contributed by atoms with Crippen LogP contribution in [-0.2, 0) is 11.2 Å². The first-order chi connectivity index (χ1) is 15.5. The van der Waals surface area contributed by atoms with Gasteiger partial charge in [-0.15, -0.1) is 0 Å². The highest BCUT2D eigenvalue weighted by atomic mass is 16.2. The number of fused-ring (bicyclic) bond motifs is 1. The molecule has 5 heteroatoms. The fourth-order valence-corrected chi connectivity index (χ4v) is 4.43. The molecular formula is C27H31N3O2. The molecular weight excluding hydrogens is 398 g/mol. The molecule has 1 heterocycles. The van der Waals surface area contributed by atoms with Crippen LogP contribution in [0.5, 0.6) is 0 Å². The summed E-state index contributed by atoms with van der Waals surface area (Å²) in [7, 11) is 3.55. The van der Waals surface area contributed by atoms with Gasteiger partial charge in [-0.05, 0) is 39.9 Å². The van der Waals surface area contributed by atoms with E-state index in [0.717, 1.165) is 22.8 Å². The Kier molecular flexibility index (Phi) is 6.56. The molecule has 1 fully saturated rings. The van der Waals surface area contributed by atoms with Crippen LogP contribution in [0.15, 0.2) is 60.7 Å². The van der Waals surface area contributed by atoms with Crippen molar-refractivity contribution in [3.8, 4) is 11.1 Å². The number of amides is 2. The molecule has 0 atom stereocenters. The standard InChI is InChI=1S/C27H31N3O2/c1-4-20-9-5-6-10-21(20)22-11-7-13-24-23(22)12-8-14-25(24)27(32)30-17-15-29(16-18-30)19-26(31)28(2)3/h5-14H,4,15-19H2,1-3H3. The Morgan fingerprint density at radius 2 is 1.47 bits per heavy atom. The van der Waals surface area contributed by atoms with E-state index in [4.69, 9.17) is 0 Å². The van der Waals surface area contributed by atoms with Gasteiger partial charge in [0, 0.05) is 45.8 Å². The third kappa shape index (κ3) is 4.39. The molecule has 3 aromatic carbocycles. The molecule has 4 rings (SSSR count). The van der Waals surface area contributed by atoms with E-state index < -0.39 is 0 Å². The first-order valence-corrected chi connectivity index (χ1v) is 11.3. The molecule has 1 aliphatic rings. The van der Waals surface area contributed by atoms with Gasteiger partial charge in [0.05, 0.1) is 6.54 Å². The molecule has 166 valence electrons. The molecule has 0 aliphatic carbocycles. The van der Waals surface area contributed by atoms with Crippen molar-refractivity contribution in [2.24, 2.45) is 0 Å². The Bertz CT molecular complexity index is 1130. The average molecular weight is 430 g/mol. The summed E-state index contributed by atoms with van der Waals surface area (Å²) in [4.78, 5) is 31.1. The highest BCUT2D eigenvalue weighted by Gasteiger charge is 2.25. The van der Waals surface area contributed by atoms with Gasteiger partial charge < -0.3 is 9.80 Å². The van der Waals surface area contributed by atoms with Crippen molar-refractivity contribution in [3.63, 3.8) is 0 Å². The molecule has 1 aliphatic heterocycles. The molecule has 32 heavy (non-hydrogen) atoms. The van der Waals surface area contributed by atoms with E-state index in [0.29, 0.717) is 32.7 Å². The summed E-state index contributed by atoms with van der Waals surface area (Å²) < 4.78 is 0. The summed E-state index contributed by atoms with van der Waals surface area (Å²) in [5, 5.41) is 2.10. The topological polar surface area (TPSA) is 43.9 Å². The fraction of sp³-hybridized carbons (Fsp3) is 0.333. The lowest BCUT2D eigenvalue weighted by atomic mass is 9.92. The second-order valence-electron chi connectivity index (χ2n) is 8.57. The van der Waals surface area contributed by atoms with E-state index in [9.17, 15) is 9.59 Å². The Morgan fingerprint density at radius 1 is 0.812 bits per heavy atom. The van der Waals surface area contributed by atoms with Gasteiger partial charge in [0.2, 0.25) is 5.91 Å². The second kappa shape index (κ2) is 9.53. The fourth-order valence-electron chi connectivity index (χ4n) is 4.43. The summed E-state index contributed by atoms with van der Waals surface area (Å²) in [5.41, 5.74) is 4.45. The Hall–Kier alpha value is -3.18. The zero-order chi connectivity index (χ0) is 22.7. The molecule has 0 spiro atoms. The van der Waals surface area contributed by atoms with Gasteiger partial charge in [0.25, 0.3) is 5.91 Å². The van der Waals surface area contributed by atoms with Gasteiger partial charge in [0.15, 0.2) is 0 Å². The molecule has 3 aromatic rings. The average Bonchev–Trinajstić information content (AvgIpc) is 2.83. The van der Waals surface area contributed by atoms with E-state index in [-0.39, 0.29) is 11.8 Å². The van der Waals surface area contributed by atoms with E-state index in [1.807, 2.05) is 29.2 Å². The van der Waals surface area contributed by atoms with Crippen molar-refractivity contribution in [2.75, 3.05) is 46.8 Å². The zero-order valence-electron chi connectivity index (χ0n) is 19.2. The van der Waals surface area contributed by atoms with Crippen LogP contribution >= 0.6 is 0 Å². The molecule has 2 amide bonds. The maximum Gasteiger partial charge on any atom is 0.254 e. The highest BCUT2D eigenvalue weighted by molar-refractivity contribution is 6.10. The normalized spacial score (nSPS) is 14.5. The molecule has 0 unspecified atom stereocenters. The van der Waals surface area contributed by atoms with Gasteiger partial charge in [-0.3, -0.25) is 14.5 Å². The number of carbonyl (C=O) groups is 2. The summed E-state index contributed by atoms with van der Waals surface area (Å²) in [6.07, 6.45) is 0.964. The van der Waals surface area contributed by atoms with Crippen LogP contribution in [0.1, 0.15) is 22.8 Å². The van der Waals surface area contributed by atoms with Gasteiger partial charge in [-0.2, -0.15) is 0 Å². The lowest BCUT2D eigenvalue weighted by molar-refractivity contribution is -0.130. The van der Waals surface area contributed by atoms with Crippen molar-refractivity contribution in [3.05, 3.63) is 71.8 Å².